The molecule has 1 heterocycles. The van der Waals surface area contributed by atoms with E-state index in [0.29, 0.717) is 18.1 Å². The Morgan fingerprint density at radius 2 is 1.85 bits per heavy atom. The topological polar surface area (TPSA) is 84.1 Å². The number of nitrogens with zero attached hydrogens (tertiary/aromatic N) is 3. The van der Waals surface area contributed by atoms with Crippen LogP contribution in [-0.4, -0.2) is 35.1 Å². The van der Waals surface area contributed by atoms with Crippen LogP contribution in [0.2, 0.25) is 0 Å². The predicted molar refractivity (Wildman–Crippen MR) is 77.7 cm³/mol. The highest BCUT2D eigenvalue weighted by Crippen LogP contribution is 2.14. The van der Waals surface area contributed by atoms with Crippen molar-refractivity contribution in [2.24, 2.45) is 5.73 Å². The molecule has 0 aliphatic carbocycles. The second-order valence-corrected chi connectivity index (χ2v) is 4.53. The fraction of sp³-hybridized carbons (Fsp3) is 0.214. The highest BCUT2D eigenvalue weighted by Gasteiger charge is 2.09. The number of amides is 1. The summed E-state index contributed by atoms with van der Waals surface area (Å²) >= 11 is 0. The van der Waals surface area contributed by atoms with Gasteiger partial charge in [0.25, 0.3) is 5.91 Å². The SMILES string of the molecule is CN(C)C(=O)c1ccc(Nc2ccc(CN)cc2)nn1. The van der Waals surface area contributed by atoms with Crippen molar-refractivity contribution in [1.29, 1.82) is 0 Å². The Bertz CT molecular complexity index is 578. The first kappa shape index (κ1) is 14.0. The summed E-state index contributed by atoms with van der Waals surface area (Å²) in [6.45, 7) is 0.515. The van der Waals surface area contributed by atoms with Crippen LogP contribution in [0.5, 0.6) is 0 Å². The van der Waals surface area contributed by atoms with Gasteiger partial charge in [-0.05, 0) is 29.8 Å². The minimum atomic E-state index is -0.170. The molecule has 0 radical (unpaired) electrons. The molecule has 0 fully saturated rings. The van der Waals surface area contributed by atoms with Gasteiger partial charge in [-0.3, -0.25) is 4.79 Å². The van der Waals surface area contributed by atoms with Gasteiger partial charge < -0.3 is 16.0 Å². The molecule has 0 unspecified atom stereocenters. The molecule has 20 heavy (non-hydrogen) atoms. The average Bonchev–Trinajstić information content (AvgIpc) is 2.48. The molecule has 104 valence electrons. The zero-order chi connectivity index (χ0) is 14.5. The lowest BCUT2D eigenvalue weighted by Gasteiger charge is -2.09. The number of rotatable bonds is 4. The van der Waals surface area contributed by atoms with E-state index in [9.17, 15) is 4.79 Å². The Morgan fingerprint density at radius 3 is 2.35 bits per heavy atom. The lowest BCUT2D eigenvalue weighted by molar-refractivity contribution is 0.0821. The van der Waals surface area contributed by atoms with Gasteiger partial charge in [-0.15, -0.1) is 10.2 Å². The Kier molecular flexibility index (Phi) is 4.27. The van der Waals surface area contributed by atoms with E-state index in [1.807, 2.05) is 24.3 Å². The average molecular weight is 271 g/mol. The Labute approximate surface area is 117 Å². The minimum Gasteiger partial charge on any atom is -0.343 e. The van der Waals surface area contributed by atoms with Gasteiger partial charge in [0, 0.05) is 26.3 Å². The van der Waals surface area contributed by atoms with E-state index >= 15 is 0 Å². The quantitative estimate of drug-likeness (QED) is 0.877. The van der Waals surface area contributed by atoms with Gasteiger partial charge in [0.1, 0.15) is 0 Å². The van der Waals surface area contributed by atoms with Crippen LogP contribution in [0.25, 0.3) is 0 Å². The number of benzene rings is 1. The normalized spacial score (nSPS) is 10.2. The van der Waals surface area contributed by atoms with Crippen LogP contribution in [-0.2, 0) is 6.54 Å². The molecule has 1 amide bonds. The number of aromatic nitrogens is 2. The fourth-order valence-electron chi connectivity index (χ4n) is 1.61. The van der Waals surface area contributed by atoms with E-state index in [4.69, 9.17) is 5.73 Å². The Balaban J connectivity index is 2.08. The molecule has 6 heteroatoms. The largest absolute Gasteiger partial charge is 0.343 e. The highest BCUT2D eigenvalue weighted by atomic mass is 16.2. The molecule has 0 atom stereocenters. The lowest BCUT2D eigenvalue weighted by atomic mass is 10.2. The van der Waals surface area contributed by atoms with Crippen LogP contribution >= 0.6 is 0 Å². The van der Waals surface area contributed by atoms with Gasteiger partial charge >= 0.3 is 0 Å². The second-order valence-electron chi connectivity index (χ2n) is 4.53. The van der Waals surface area contributed by atoms with E-state index in [0.717, 1.165) is 11.3 Å². The summed E-state index contributed by atoms with van der Waals surface area (Å²) in [6.07, 6.45) is 0. The van der Waals surface area contributed by atoms with Crippen LogP contribution < -0.4 is 11.1 Å². The van der Waals surface area contributed by atoms with Crippen molar-refractivity contribution in [2.45, 2.75) is 6.54 Å². The van der Waals surface area contributed by atoms with Crippen molar-refractivity contribution in [3.05, 3.63) is 47.7 Å². The van der Waals surface area contributed by atoms with Crippen LogP contribution in [0.4, 0.5) is 11.5 Å². The summed E-state index contributed by atoms with van der Waals surface area (Å²) < 4.78 is 0. The molecule has 3 N–H and O–H groups in total. The van der Waals surface area contributed by atoms with Crippen molar-refractivity contribution < 1.29 is 4.79 Å². The zero-order valence-corrected chi connectivity index (χ0v) is 11.5. The fourth-order valence-corrected chi connectivity index (χ4v) is 1.61. The van der Waals surface area contributed by atoms with Crippen LogP contribution in [0.1, 0.15) is 16.1 Å². The summed E-state index contributed by atoms with van der Waals surface area (Å²) in [5.41, 5.74) is 7.82. The highest BCUT2D eigenvalue weighted by molar-refractivity contribution is 5.91. The summed E-state index contributed by atoms with van der Waals surface area (Å²) in [7, 11) is 3.35. The van der Waals surface area contributed by atoms with Crippen molar-refractivity contribution in [1.82, 2.24) is 15.1 Å². The smallest absolute Gasteiger partial charge is 0.273 e. The van der Waals surface area contributed by atoms with Crippen molar-refractivity contribution in [2.75, 3.05) is 19.4 Å². The van der Waals surface area contributed by atoms with Gasteiger partial charge in [-0.1, -0.05) is 12.1 Å². The molecule has 0 aliphatic rings. The molecular formula is C14H17N5O. The maximum Gasteiger partial charge on any atom is 0.273 e. The van der Waals surface area contributed by atoms with Crippen molar-refractivity contribution >= 4 is 17.4 Å². The van der Waals surface area contributed by atoms with E-state index in [-0.39, 0.29) is 5.91 Å². The maximum atomic E-state index is 11.7. The number of anilines is 2. The van der Waals surface area contributed by atoms with E-state index < -0.39 is 0 Å². The molecule has 0 aliphatic heterocycles. The molecule has 0 bridgehead atoms. The molecule has 1 aromatic heterocycles. The maximum absolute atomic E-state index is 11.7. The molecule has 0 spiro atoms. The van der Waals surface area contributed by atoms with E-state index in [1.54, 1.807) is 26.2 Å². The van der Waals surface area contributed by atoms with Gasteiger partial charge in [0.05, 0.1) is 0 Å². The number of nitrogens with two attached hydrogens (primary N) is 1. The lowest BCUT2D eigenvalue weighted by Crippen LogP contribution is -2.23. The third-order valence-electron chi connectivity index (χ3n) is 2.75. The number of hydrogen-bond donors (Lipinski definition) is 2. The van der Waals surface area contributed by atoms with Crippen molar-refractivity contribution in [3.8, 4) is 0 Å². The molecule has 0 saturated carbocycles. The minimum absolute atomic E-state index is 0.170. The molecule has 6 nitrogen and oxygen atoms in total. The first-order chi connectivity index (χ1) is 9.60. The first-order valence-electron chi connectivity index (χ1n) is 6.21. The molecule has 1 aromatic carbocycles. The first-order valence-corrected chi connectivity index (χ1v) is 6.21. The van der Waals surface area contributed by atoms with Gasteiger partial charge in [-0.25, -0.2) is 0 Å². The molecule has 2 aromatic rings. The summed E-state index contributed by atoms with van der Waals surface area (Å²) in [6, 6.07) is 11.1. The third kappa shape index (κ3) is 3.30. The second kappa shape index (κ2) is 6.12. The third-order valence-corrected chi connectivity index (χ3v) is 2.75. The predicted octanol–water partition coefficient (Wildman–Crippen LogP) is 1.38. The monoisotopic (exact) mass is 271 g/mol. The van der Waals surface area contributed by atoms with Crippen LogP contribution in [0.3, 0.4) is 0 Å². The standard InChI is InChI=1S/C14H17N5O/c1-19(2)14(20)12-7-8-13(18-17-12)16-11-5-3-10(9-15)4-6-11/h3-8H,9,15H2,1-2H3,(H,16,18). The van der Waals surface area contributed by atoms with Crippen molar-refractivity contribution in [3.63, 3.8) is 0 Å². The molecule has 0 saturated heterocycles. The summed E-state index contributed by atoms with van der Waals surface area (Å²) in [5, 5.41) is 11.0. The number of carbonyl (C=O) groups is 1. The van der Waals surface area contributed by atoms with E-state index in [2.05, 4.69) is 15.5 Å². The summed E-state index contributed by atoms with van der Waals surface area (Å²) in [4.78, 5) is 13.1. The van der Waals surface area contributed by atoms with E-state index in [1.165, 1.54) is 4.90 Å². The van der Waals surface area contributed by atoms with Gasteiger partial charge in [-0.2, -0.15) is 0 Å². The Hall–Kier alpha value is -2.47. The van der Waals surface area contributed by atoms with Gasteiger partial charge in [0.2, 0.25) is 0 Å². The number of nitrogens with one attached hydrogen (secondary N) is 1. The van der Waals surface area contributed by atoms with Gasteiger partial charge in [0.15, 0.2) is 11.5 Å². The molecular weight excluding hydrogens is 254 g/mol. The zero-order valence-electron chi connectivity index (χ0n) is 11.5. The number of carbonyl (C=O) groups excluding carboxylic acids is 1. The summed E-state index contributed by atoms with van der Waals surface area (Å²) in [5.74, 6) is 0.414. The Morgan fingerprint density at radius 1 is 1.15 bits per heavy atom. The van der Waals surface area contributed by atoms with Crippen LogP contribution in [0.15, 0.2) is 36.4 Å². The van der Waals surface area contributed by atoms with Crippen LogP contribution in [0, 0.1) is 0 Å². The molecule has 2 rings (SSSR count). The number of hydrogen-bond acceptors (Lipinski definition) is 5.